The highest BCUT2D eigenvalue weighted by Crippen LogP contribution is 2.38. The molecular formula is C21H18N4O2. The highest BCUT2D eigenvalue weighted by Gasteiger charge is 2.19. The average molecular weight is 358 g/mol. The first-order valence-electron chi connectivity index (χ1n) is 8.85. The van der Waals surface area contributed by atoms with Gasteiger partial charge in [-0.1, -0.05) is 41.6 Å². The molecule has 134 valence electrons. The van der Waals surface area contributed by atoms with Crippen LogP contribution in [-0.4, -0.2) is 26.8 Å². The van der Waals surface area contributed by atoms with E-state index in [1.165, 1.54) is 22.3 Å². The van der Waals surface area contributed by atoms with E-state index in [1.807, 2.05) is 10.8 Å². The topological polar surface area (TPSA) is 66.0 Å². The lowest BCUT2D eigenvalue weighted by molar-refractivity contribution is 0.151. The molecule has 2 aromatic heterocycles. The number of imidazole rings is 1. The Kier molecular flexibility index (Phi) is 3.83. The summed E-state index contributed by atoms with van der Waals surface area (Å²) in [6.45, 7) is 0.815. The minimum Gasteiger partial charge on any atom is -0.375 e. The van der Waals surface area contributed by atoms with E-state index >= 15 is 0 Å². The Bertz CT molecular complexity index is 1110. The Hall–Kier alpha value is -3.25. The van der Waals surface area contributed by atoms with Gasteiger partial charge in [-0.05, 0) is 34.7 Å². The number of hydrogen-bond acceptors (Lipinski definition) is 5. The Morgan fingerprint density at radius 1 is 1.11 bits per heavy atom. The van der Waals surface area contributed by atoms with Crippen LogP contribution in [0.15, 0.2) is 59.4 Å². The van der Waals surface area contributed by atoms with Crippen molar-refractivity contribution >= 4 is 0 Å². The number of fused-ring (bicyclic) bond motifs is 3. The SMILES string of the molecule is COCc1nc(Cn2ccnc2-c2ccc3c(c2)Cc2ccccc2-3)no1. The molecule has 2 aromatic carbocycles. The van der Waals surface area contributed by atoms with Gasteiger partial charge >= 0.3 is 0 Å². The van der Waals surface area contributed by atoms with Crippen LogP contribution < -0.4 is 0 Å². The summed E-state index contributed by atoms with van der Waals surface area (Å²) in [5.74, 6) is 1.98. The van der Waals surface area contributed by atoms with Crippen molar-refractivity contribution in [1.29, 1.82) is 0 Å². The second-order valence-corrected chi connectivity index (χ2v) is 6.62. The molecule has 0 N–H and O–H groups in total. The third-order valence-corrected chi connectivity index (χ3v) is 4.86. The Morgan fingerprint density at radius 2 is 2.00 bits per heavy atom. The van der Waals surface area contributed by atoms with Crippen molar-refractivity contribution in [3.8, 4) is 22.5 Å². The smallest absolute Gasteiger partial charge is 0.252 e. The second kappa shape index (κ2) is 6.48. The van der Waals surface area contributed by atoms with Crippen LogP contribution in [0.2, 0.25) is 0 Å². The van der Waals surface area contributed by atoms with E-state index < -0.39 is 0 Å². The van der Waals surface area contributed by atoms with Gasteiger partial charge in [-0.3, -0.25) is 0 Å². The maximum absolute atomic E-state index is 5.18. The van der Waals surface area contributed by atoms with Crippen molar-refractivity contribution in [2.24, 2.45) is 0 Å². The van der Waals surface area contributed by atoms with Gasteiger partial charge in [-0.15, -0.1) is 0 Å². The summed E-state index contributed by atoms with van der Waals surface area (Å²) in [5.41, 5.74) is 6.46. The van der Waals surface area contributed by atoms with Gasteiger partial charge in [0.2, 0.25) is 0 Å². The van der Waals surface area contributed by atoms with Gasteiger partial charge in [0, 0.05) is 25.1 Å². The van der Waals surface area contributed by atoms with Gasteiger partial charge in [-0.2, -0.15) is 4.98 Å². The van der Waals surface area contributed by atoms with Crippen molar-refractivity contribution in [2.45, 2.75) is 19.6 Å². The molecule has 0 fully saturated rings. The van der Waals surface area contributed by atoms with E-state index in [0.717, 1.165) is 17.8 Å². The number of benzene rings is 2. The van der Waals surface area contributed by atoms with E-state index in [2.05, 4.69) is 57.6 Å². The van der Waals surface area contributed by atoms with Crippen LogP contribution in [0.5, 0.6) is 0 Å². The van der Waals surface area contributed by atoms with Gasteiger partial charge in [-0.25, -0.2) is 4.98 Å². The summed E-state index contributed by atoms with van der Waals surface area (Å²) >= 11 is 0. The van der Waals surface area contributed by atoms with E-state index in [9.17, 15) is 0 Å². The fourth-order valence-electron chi connectivity index (χ4n) is 3.67. The zero-order valence-electron chi connectivity index (χ0n) is 14.9. The second-order valence-electron chi connectivity index (χ2n) is 6.62. The van der Waals surface area contributed by atoms with Gasteiger partial charge in [0.25, 0.3) is 5.89 Å². The minimum atomic E-state index is 0.315. The van der Waals surface area contributed by atoms with Crippen LogP contribution in [-0.2, 0) is 24.3 Å². The van der Waals surface area contributed by atoms with Crippen LogP contribution >= 0.6 is 0 Å². The highest BCUT2D eigenvalue weighted by molar-refractivity contribution is 5.79. The third kappa shape index (κ3) is 2.84. The molecule has 0 saturated carbocycles. The van der Waals surface area contributed by atoms with Gasteiger partial charge in [0.15, 0.2) is 5.82 Å². The van der Waals surface area contributed by atoms with Crippen LogP contribution in [0.25, 0.3) is 22.5 Å². The van der Waals surface area contributed by atoms with Gasteiger partial charge in [0.05, 0.1) is 6.54 Å². The summed E-state index contributed by atoms with van der Waals surface area (Å²) in [4.78, 5) is 8.90. The molecule has 6 heteroatoms. The monoisotopic (exact) mass is 358 g/mol. The molecule has 4 aromatic rings. The molecule has 1 aliphatic carbocycles. The Labute approximate surface area is 156 Å². The Morgan fingerprint density at radius 3 is 2.93 bits per heavy atom. The molecule has 2 heterocycles. The molecule has 5 rings (SSSR count). The van der Waals surface area contributed by atoms with Crippen molar-refractivity contribution in [1.82, 2.24) is 19.7 Å². The summed E-state index contributed by atoms with van der Waals surface area (Å²) in [6, 6.07) is 15.1. The van der Waals surface area contributed by atoms with E-state index in [1.54, 1.807) is 13.3 Å². The van der Waals surface area contributed by atoms with Crippen molar-refractivity contribution < 1.29 is 9.26 Å². The lowest BCUT2D eigenvalue weighted by Crippen LogP contribution is -2.03. The van der Waals surface area contributed by atoms with E-state index in [-0.39, 0.29) is 0 Å². The maximum Gasteiger partial charge on any atom is 0.252 e. The lowest BCUT2D eigenvalue weighted by Gasteiger charge is -2.08. The normalized spacial score (nSPS) is 12.2. The number of rotatable bonds is 5. The molecular weight excluding hydrogens is 340 g/mol. The molecule has 0 bridgehead atoms. The molecule has 0 atom stereocenters. The maximum atomic E-state index is 5.18. The van der Waals surface area contributed by atoms with E-state index in [0.29, 0.717) is 24.9 Å². The molecule has 0 aliphatic heterocycles. The number of aromatic nitrogens is 4. The van der Waals surface area contributed by atoms with Crippen LogP contribution in [0.4, 0.5) is 0 Å². The number of nitrogens with zero attached hydrogens (tertiary/aromatic N) is 4. The van der Waals surface area contributed by atoms with Crippen molar-refractivity contribution in [2.75, 3.05) is 7.11 Å². The van der Waals surface area contributed by atoms with Crippen LogP contribution in [0, 0.1) is 0 Å². The predicted octanol–water partition coefficient (Wildman–Crippen LogP) is 3.70. The molecule has 27 heavy (non-hydrogen) atoms. The minimum absolute atomic E-state index is 0.315. The third-order valence-electron chi connectivity index (χ3n) is 4.86. The summed E-state index contributed by atoms with van der Waals surface area (Å²) in [7, 11) is 1.60. The standard InChI is InChI=1S/C21H18N4O2/c1-26-13-20-23-19(24-27-20)12-25-9-8-22-21(25)15-6-7-18-16(11-15)10-14-4-2-3-5-17(14)18/h2-9,11H,10,12-13H2,1H3. The molecule has 6 nitrogen and oxygen atoms in total. The number of ether oxygens (including phenoxy) is 1. The van der Waals surface area contributed by atoms with Crippen LogP contribution in [0.1, 0.15) is 22.8 Å². The molecule has 0 amide bonds. The Balaban J connectivity index is 1.45. The summed E-state index contributed by atoms with van der Waals surface area (Å²) in [5, 5.41) is 4.01. The van der Waals surface area contributed by atoms with Gasteiger partial charge < -0.3 is 13.8 Å². The molecule has 0 unspecified atom stereocenters. The first kappa shape index (κ1) is 16.0. The fraction of sp³-hybridized carbons (Fsp3) is 0.190. The fourth-order valence-corrected chi connectivity index (χ4v) is 3.67. The summed E-state index contributed by atoms with van der Waals surface area (Å²) in [6.07, 6.45) is 4.70. The number of methoxy groups -OCH3 is 1. The average Bonchev–Trinajstić information content (AvgIpc) is 3.40. The molecule has 1 aliphatic rings. The highest BCUT2D eigenvalue weighted by atomic mass is 16.5. The lowest BCUT2D eigenvalue weighted by atomic mass is 10.0. The zero-order chi connectivity index (χ0) is 18.2. The predicted molar refractivity (Wildman–Crippen MR) is 100 cm³/mol. The quantitative estimate of drug-likeness (QED) is 0.479. The zero-order valence-corrected chi connectivity index (χ0v) is 14.9. The van der Waals surface area contributed by atoms with Gasteiger partial charge in [0.1, 0.15) is 12.4 Å². The first-order valence-corrected chi connectivity index (χ1v) is 8.85. The largest absolute Gasteiger partial charge is 0.375 e. The number of hydrogen-bond donors (Lipinski definition) is 0. The molecule has 0 radical (unpaired) electrons. The molecule has 0 spiro atoms. The van der Waals surface area contributed by atoms with Crippen molar-refractivity contribution in [3.05, 3.63) is 77.7 Å². The van der Waals surface area contributed by atoms with E-state index in [4.69, 9.17) is 9.26 Å². The van der Waals surface area contributed by atoms with Crippen molar-refractivity contribution in [3.63, 3.8) is 0 Å². The summed E-state index contributed by atoms with van der Waals surface area (Å²) < 4.78 is 12.2. The first-order chi connectivity index (χ1) is 13.3. The molecule has 0 saturated heterocycles. The van der Waals surface area contributed by atoms with Crippen LogP contribution in [0.3, 0.4) is 0 Å².